The van der Waals surface area contributed by atoms with Crippen molar-refractivity contribution in [1.29, 1.82) is 0 Å². The van der Waals surface area contributed by atoms with E-state index in [0.717, 1.165) is 17.5 Å². The molecule has 1 aromatic carbocycles. The Balaban J connectivity index is 2.12. The Labute approximate surface area is 128 Å². The number of rotatable bonds is 5. The number of alkyl halides is 1. The summed E-state index contributed by atoms with van der Waals surface area (Å²) in [4.78, 5) is 1.56. The fraction of sp³-hybridized carbons (Fsp3) is 0.286. The standard InChI is InChI=1S/C14H14Br2OS/c1-17-8-6-10-2-4-11(5-3-10)13(16)14-12(15)7-9-18-14/h2-5,7,9,13H,6,8H2,1H3. The molecule has 18 heavy (non-hydrogen) atoms. The zero-order valence-electron chi connectivity index (χ0n) is 10.0. The van der Waals surface area contributed by atoms with Crippen LogP contribution in [0.4, 0.5) is 0 Å². The van der Waals surface area contributed by atoms with Gasteiger partial charge in [-0.05, 0) is 44.9 Å². The quantitative estimate of drug-likeness (QED) is 0.639. The predicted molar refractivity (Wildman–Crippen MR) is 84.8 cm³/mol. The van der Waals surface area contributed by atoms with Crippen LogP contribution >= 0.6 is 43.2 Å². The van der Waals surface area contributed by atoms with Crippen LogP contribution in [0.15, 0.2) is 40.2 Å². The minimum atomic E-state index is 0.253. The van der Waals surface area contributed by atoms with Crippen molar-refractivity contribution in [2.75, 3.05) is 13.7 Å². The second-order valence-electron chi connectivity index (χ2n) is 3.98. The molecule has 1 nitrogen and oxygen atoms in total. The molecule has 0 aliphatic rings. The van der Waals surface area contributed by atoms with Gasteiger partial charge in [-0.3, -0.25) is 0 Å². The maximum atomic E-state index is 5.08. The van der Waals surface area contributed by atoms with Crippen molar-refractivity contribution in [1.82, 2.24) is 0 Å². The van der Waals surface area contributed by atoms with Crippen molar-refractivity contribution in [2.24, 2.45) is 0 Å². The molecule has 4 heteroatoms. The van der Waals surface area contributed by atoms with Gasteiger partial charge in [-0.25, -0.2) is 0 Å². The summed E-state index contributed by atoms with van der Waals surface area (Å²) in [5, 5.41) is 2.10. The lowest BCUT2D eigenvalue weighted by molar-refractivity contribution is 0.202. The molecule has 1 aromatic heterocycles. The van der Waals surface area contributed by atoms with Gasteiger partial charge < -0.3 is 4.74 Å². The molecule has 0 amide bonds. The van der Waals surface area contributed by atoms with Crippen molar-refractivity contribution in [3.05, 3.63) is 56.2 Å². The minimum Gasteiger partial charge on any atom is -0.384 e. The summed E-state index contributed by atoms with van der Waals surface area (Å²) in [6.07, 6.45) is 0.965. The first kappa shape index (κ1) is 14.3. The molecule has 0 spiro atoms. The molecule has 2 rings (SSSR count). The van der Waals surface area contributed by atoms with E-state index in [1.807, 2.05) is 0 Å². The molecular weight excluding hydrogens is 376 g/mol. The van der Waals surface area contributed by atoms with Gasteiger partial charge in [-0.15, -0.1) is 11.3 Å². The zero-order chi connectivity index (χ0) is 13.0. The van der Waals surface area contributed by atoms with Gasteiger partial charge in [0.2, 0.25) is 0 Å². The molecule has 0 saturated heterocycles. The number of halogens is 2. The molecule has 0 aliphatic carbocycles. The minimum absolute atomic E-state index is 0.253. The third-order valence-corrected chi connectivity index (χ3v) is 5.97. The van der Waals surface area contributed by atoms with E-state index in [4.69, 9.17) is 4.74 Å². The molecule has 0 radical (unpaired) electrons. The van der Waals surface area contributed by atoms with Crippen molar-refractivity contribution in [2.45, 2.75) is 11.2 Å². The molecule has 1 atom stereocenters. The molecule has 0 N–H and O–H groups in total. The molecule has 2 aromatic rings. The molecule has 1 unspecified atom stereocenters. The SMILES string of the molecule is COCCc1ccc(C(Br)c2sccc2Br)cc1. The van der Waals surface area contributed by atoms with Crippen LogP contribution in [-0.2, 0) is 11.2 Å². The lowest BCUT2D eigenvalue weighted by Gasteiger charge is -2.10. The van der Waals surface area contributed by atoms with Gasteiger partial charge in [0.05, 0.1) is 11.4 Å². The summed E-state index contributed by atoms with van der Waals surface area (Å²) in [5.41, 5.74) is 2.59. The first-order valence-corrected chi connectivity index (χ1v) is 8.26. The molecule has 0 saturated carbocycles. The van der Waals surface area contributed by atoms with Crippen LogP contribution in [0.1, 0.15) is 20.8 Å². The highest BCUT2D eigenvalue weighted by molar-refractivity contribution is 9.11. The van der Waals surface area contributed by atoms with Gasteiger partial charge in [-0.2, -0.15) is 0 Å². The smallest absolute Gasteiger partial charge is 0.0749 e. The summed E-state index contributed by atoms with van der Waals surface area (Å²) >= 11 is 9.09. The van der Waals surface area contributed by atoms with Gasteiger partial charge >= 0.3 is 0 Å². The molecule has 0 bridgehead atoms. The number of thiophene rings is 1. The third-order valence-electron chi connectivity index (χ3n) is 2.74. The summed E-state index contributed by atoms with van der Waals surface area (Å²) < 4.78 is 6.25. The van der Waals surface area contributed by atoms with E-state index in [1.165, 1.54) is 16.0 Å². The van der Waals surface area contributed by atoms with Gasteiger partial charge in [0.1, 0.15) is 0 Å². The molecule has 96 valence electrons. The number of methoxy groups -OCH3 is 1. The van der Waals surface area contributed by atoms with E-state index in [2.05, 4.69) is 67.6 Å². The van der Waals surface area contributed by atoms with Crippen molar-refractivity contribution >= 4 is 43.2 Å². The fourth-order valence-corrected chi connectivity index (χ4v) is 4.50. The van der Waals surface area contributed by atoms with E-state index >= 15 is 0 Å². The van der Waals surface area contributed by atoms with E-state index in [-0.39, 0.29) is 4.83 Å². The Morgan fingerprint density at radius 2 is 1.94 bits per heavy atom. The highest BCUT2D eigenvalue weighted by Gasteiger charge is 2.14. The van der Waals surface area contributed by atoms with Gasteiger partial charge in [0.15, 0.2) is 0 Å². The first-order chi connectivity index (χ1) is 8.72. The van der Waals surface area contributed by atoms with E-state index < -0.39 is 0 Å². The summed E-state index contributed by atoms with van der Waals surface area (Å²) in [5.74, 6) is 0. The second-order valence-corrected chi connectivity index (χ2v) is 6.70. The molecule has 1 heterocycles. The lowest BCUT2D eigenvalue weighted by atomic mass is 10.1. The highest BCUT2D eigenvalue weighted by atomic mass is 79.9. The van der Waals surface area contributed by atoms with Crippen LogP contribution in [-0.4, -0.2) is 13.7 Å². The maximum absolute atomic E-state index is 5.08. The summed E-state index contributed by atoms with van der Waals surface area (Å²) in [6, 6.07) is 10.8. The van der Waals surface area contributed by atoms with E-state index in [0.29, 0.717) is 0 Å². The highest BCUT2D eigenvalue weighted by Crippen LogP contribution is 2.38. The van der Waals surface area contributed by atoms with Crippen LogP contribution in [0, 0.1) is 0 Å². The first-order valence-electron chi connectivity index (χ1n) is 5.67. The number of benzene rings is 1. The summed E-state index contributed by atoms with van der Waals surface area (Å²) in [6.45, 7) is 0.771. The molecule has 0 aliphatic heterocycles. The van der Waals surface area contributed by atoms with Crippen LogP contribution in [0.25, 0.3) is 0 Å². The normalized spacial score (nSPS) is 12.6. The van der Waals surface area contributed by atoms with Gasteiger partial charge in [0, 0.05) is 16.5 Å². The average molecular weight is 390 g/mol. The topological polar surface area (TPSA) is 9.23 Å². The largest absolute Gasteiger partial charge is 0.384 e. The number of ether oxygens (including phenoxy) is 1. The lowest BCUT2D eigenvalue weighted by Crippen LogP contribution is -1.96. The Kier molecular flexibility index (Phi) is 5.42. The van der Waals surface area contributed by atoms with Crippen LogP contribution in [0.3, 0.4) is 0 Å². The van der Waals surface area contributed by atoms with Crippen LogP contribution in [0.2, 0.25) is 0 Å². The Bertz CT molecular complexity index is 493. The van der Waals surface area contributed by atoms with Crippen LogP contribution in [0.5, 0.6) is 0 Å². The number of hydrogen-bond donors (Lipinski definition) is 0. The van der Waals surface area contributed by atoms with Gasteiger partial charge in [-0.1, -0.05) is 40.2 Å². The zero-order valence-corrected chi connectivity index (χ0v) is 14.0. The predicted octanol–water partition coefficient (Wildman–Crippen LogP) is 5.18. The average Bonchev–Trinajstić information content (AvgIpc) is 2.82. The third kappa shape index (κ3) is 3.44. The van der Waals surface area contributed by atoms with Crippen LogP contribution < -0.4 is 0 Å². The summed E-state index contributed by atoms with van der Waals surface area (Å²) in [7, 11) is 1.73. The Morgan fingerprint density at radius 1 is 1.22 bits per heavy atom. The Hall–Kier alpha value is -0.160. The second kappa shape index (κ2) is 6.85. The fourth-order valence-electron chi connectivity index (χ4n) is 1.71. The molecule has 0 fully saturated rings. The molecular formula is C14H14Br2OS. The van der Waals surface area contributed by atoms with Crippen molar-refractivity contribution in [3.8, 4) is 0 Å². The Morgan fingerprint density at radius 3 is 2.50 bits per heavy atom. The van der Waals surface area contributed by atoms with Crippen molar-refractivity contribution in [3.63, 3.8) is 0 Å². The van der Waals surface area contributed by atoms with E-state index in [1.54, 1.807) is 18.4 Å². The van der Waals surface area contributed by atoms with Gasteiger partial charge in [0.25, 0.3) is 0 Å². The monoisotopic (exact) mass is 388 g/mol. The maximum Gasteiger partial charge on any atom is 0.0749 e. The number of hydrogen-bond acceptors (Lipinski definition) is 2. The van der Waals surface area contributed by atoms with Crippen molar-refractivity contribution < 1.29 is 4.74 Å². The van der Waals surface area contributed by atoms with E-state index in [9.17, 15) is 0 Å².